The normalized spacial score (nSPS) is 16.8. The number of amides is 2. The van der Waals surface area contributed by atoms with Crippen molar-refractivity contribution in [1.82, 2.24) is 20.0 Å². The van der Waals surface area contributed by atoms with E-state index in [1.54, 1.807) is 13.2 Å². The molecule has 2 heterocycles. The summed E-state index contributed by atoms with van der Waals surface area (Å²) in [5.74, 6) is -2.32. The fourth-order valence-electron chi connectivity index (χ4n) is 6.04. The zero-order chi connectivity index (χ0) is 34.4. The predicted octanol–water partition coefficient (Wildman–Crippen LogP) is 4.90. The first kappa shape index (κ1) is 33.8. The largest absolute Gasteiger partial charge is 0.456 e. The monoisotopic (exact) mass is 663 g/mol. The van der Waals surface area contributed by atoms with Crippen molar-refractivity contribution < 1.29 is 37.6 Å². The summed E-state index contributed by atoms with van der Waals surface area (Å²) in [5, 5.41) is 14.3. The van der Waals surface area contributed by atoms with E-state index in [1.807, 2.05) is 35.2 Å². The van der Waals surface area contributed by atoms with Gasteiger partial charge in [0.2, 0.25) is 0 Å². The molecule has 48 heavy (non-hydrogen) atoms. The first-order chi connectivity index (χ1) is 23.0. The van der Waals surface area contributed by atoms with Crippen LogP contribution in [0.5, 0.6) is 5.75 Å². The van der Waals surface area contributed by atoms with E-state index in [2.05, 4.69) is 5.32 Å². The minimum atomic E-state index is -0.619. The van der Waals surface area contributed by atoms with Crippen molar-refractivity contribution in [3.63, 3.8) is 0 Å². The van der Waals surface area contributed by atoms with Gasteiger partial charge in [-0.3, -0.25) is 19.7 Å². The van der Waals surface area contributed by atoms with Crippen LogP contribution < -0.4 is 10.1 Å². The lowest BCUT2D eigenvalue weighted by Crippen LogP contribution is -2.59. The highest BCUT2D eigenvalue weighted by Gasteiger charge is 2.42. The number of likely N-dealkylation sites (tertiary alicyclic amines) is 1. The van der Waals surface area contributed by atoms with Gasteiger partial charge in [0.05, 0.1) is 16.7 Å². The summed E-state index contributed by atoms with van der Waals surface area (Å²) in [4.78, 5) is 53.3. The van der Waals surface area contributed by atoms with Crippen molar-refractivity contribution >= 4 is 29.4 Å². The molecule has 2 unspecified atom stereocenters. The van der Waals surface area contributed by atoms with Gasteiger partial charge >= 0.3 is 12.1 Å². The Morgan fingerprint density at radius 3 is 2.38 bits per heavy atom. The molecule has 2 atom stereocenters. The third-order valence-corrected chi connectivity index (χ3v) is 8.48. The average Bonchev–Trinajstić information content (AvgIpc) is 3.48. The Balaban J connectivity index is 1.39. The zero-order valence-corrected chi connectivity index (χ0v) is 26.4. The number of nitro groups is 1. The van der Waals surface area contributed by atoms with Crippen LogP contribution in [0, 0.1) is 27.7 Å². The third-order valence-electron chi connectivity index (χ3n) is 8.48. The maximum atomic E-state index is 15.0. The molecule has 0 aromatic heterocycles. The van der Waals surface area contributed by atoms with E-state index in [4.69, 9.17) is 9.47 Å². The summed E-state index contributed by atoms with van der Waals surface area (Å²) < 4.78 is 39.7. The molecule has 2 aliphatic heterocycles. The molecule has 3 aromatic rings. The van der Waals surface area contributed by atoms with Crippen molar-refractivity contribution in [3.8, 4) is 5.75 Å². The summed E-state index contributed by atoms with van der Waals surface area (Å²) in [6, 6.07) is 17.4. The molecule has 1 saturated heterocycles. The van der Waals surface area contributed by atoms with Crippen LogP contribution >= 0.6 is 0 Å². The van der Waals surface area contributed by atoms with Gasteiger partial charge in [-0.2, -0.15) is 0 Å². The fourth-order valence-corrected chi connectivity index (χ4v) is 6.04. The Hall–Kier alpha value is -5.53. The average molecular weight is 664 g/mol. The number of halogens is 2. The van der Waals surface area contributed by atoms with Gasteiger partial charge in [-0.15, -0.1) is 0 Å². The van der Waals surface area contributed by atoms with Crippen LogP contribution in [0.3, 0.4) is 0 Å². The second-order valence-corrected chi connectivity index (χ2v) is 11.6. The maximum absolute atomic E-state index is 15.0. The molecule has 0 aliphatic carbocycles. The molecule has 2 amide bonds. The van der Waals surface area contributed by atoms with Crippen molar-refractivity contribution in [3.05, 3.63) is 112 Å². The minimum absolute atomic E-state index is 0.0343. The molecule has 5 rings (SSSR count). The van der Waals surface area contributed by atoms with Gasteiger partial charge in [0, 0.05) is 57.5 Å². The van der Waals surface area contributed by atoms with Crippen LogP contribution in [0.4, 0.5) is 19.3 Å². The summed E-state index contributed by atoms with van der Waals surface area (Å²) >= 11 is 0. The van der Waals surface area contributed by atoms with Crippen LogP contribution in [0.2, 0.25) is 0 Å². The number of nitrogens with one attached hydrogen (secondary N) is 1. The van der Waals surface area contributed by atoms with Gasteiger partial charge in [-0.25, -0.2) is 13.6 Å². The number of esters is 1. The van der Waals surface area contributed by atoms with Crippen LogP contribution in [-0.2, 0) is 20.9 Å². The molecule has 252 valence electrons. The number of non-ortho nitro benzene ring substituents is 1. The number of carbonyl (C=O) groups is 3. The summed E-state index contributed by atoms with van der Waals surface area (Å²) in [6.07, 6.45) is 1.38. The SMILES string of the molecule is CC(=O)OCC(=O)N(C)C(C1CCN(C(=O)Oc2ccc([N+](=O)[O-])cc2)CC1)C1NC(c2cc(F)ccc2F)=CN1Cc1ccccc1. The minimum Gasteiger partial charge on any atom is -0.456 e. The number of hydrogen-bond donors (Lipinski definition) is 1. The van der Waals surface area contributed by atoms with Crippen LogP contribution in [-0.4, -0.2) is 76.5 Å². The first-order valence-electron chi connectivity index (χ1n) is 15.3. The molecule has 14 heteroatoms. The number of rotatable bonds is 10. The van der Waals surface area contributed by atoms with Gasteiger partial charge < -0.3 is 29.5 Å². The van der Waals surface area contributed by atoms with E-state index < -0.39 is 53.3 Å². The molecule has 0 bridgehead atoms. The van der Waals surface area contributed by atoms with Gasteiger partial charge in [0.25, 0.3) is 11.6 Å². The quantitative estimate of drug-likeness (QED) is 0.183. The van der Waals surface area contributed by atoms with E-state index in [9.17, 15) is 33.3 Å². The number of nitrogens with zero attached hydrogens (tertiary/aromatic N) is 4. The number of likely N-dealkylation sites (N-methyl/N-ethyl adjacent to an activating group) is 1. The van der Waals surface area contributed by atoms with E-state index in [0.717, 1.165) is 23.8 Å². The van der Waals surface area contributed by atoms with Gasteiger partial charge in [0.15, 0.2) is 6.61 Å². The number of carbonyl (C=O) groups excluding carboxylic acids is 3. The molecule has 2 aliphatic rings. The second kappa shape index (κ2) is 14.9. The van der Waals surface area contributed by atoms with Gasteiger partial charge in [-0.1, -0.05) is 30.3 Å². The summed E-state index contributed by atoms with van der Waals surface area (Å²) in [5.41, 5.74) is 1.18. The Bertz CT molecular complexity index is 1680. The van der Waals surface area contributed by atoms with Crippen LogP contribution in [0.25, 0.3) is 5.70 Å². The number of hydrogen-bond acceptors (Lipinski definition) is 9. The standard InChI is InChI=1S/C34H35F2N5O7/c1-22(42)47-21-31(43)38(2)32(24-14-16-39(17-15-24)34(44)48-27-11-9-26(10-12-27)41(45)46)33-37-30(28-18-25(35)8-13-29(28)36)20-40(33)19-23-6-4-3-5-7-23/h3-13,18,20,24,32-33,37H,14-17,19,21H2,1-2H3. The topological polar surface area (TPSA) is 135 Å². The zero-order valence-electron chi connectivity index (χ0n) is 26.4. The van der Waals surface area contributed by atoms with Gasteiger partial charge in [0.1, 0.15) is 23.5 Å². The van der Waals surface area contributed by atoms with E-state index in [-0.39, 0.29) is 36.0 Å². The first-order valence-corrected chi connectivity index (χ1v) is 15.3. The van der Waals surface area contributed by atoms with E-state index in [1.165, 1.54) is 41.0 Å². The number of nitro benzene ring substituents is 1. The molecule has 12 nitrogen and oxygen atoms in total. The highest BCUT2D eigenvalue weighted by molar-refractivity contribution is 5.80. The van der Waals surface area contributed by atoms with Crippen molar-refractivity contribution in [2.75, 3.05) is 26.7 Å². The molecule has 0 spiro atoms. The van der Waals surface area contributed by atoms with Crippen molar-refractivity contribution in [2.24, 2.45) is 5.92 Å². The lowest BCUT2D eigenvalue weighted by molar-refractivity contribution is -0.384. The van der Waals surface area contributed by atoms with Crippen molar-refractivity contribution in [1.29, 1.82) is 0 Å². The van der Waals surface area contributed by atoms with Crippen LogP contribution in [0.1, 0.15) is 30.9 Å². The fraction of sp³-hybridized carbons (Fsp3) is 0.324. The molecular formula is C34H35F2N5O7. The Kier molecular flexibility index (Phi) is 10.5. The Labute approximate surface area is 275 Å². The predicted molar refractivity (Wildman–Crippen MR) is 170 cm³/mol. The highest BCUT2D eigenvalue weighted by Crippen LogP contribution is 2.34. The molecule has 0 saturated carbocycles. The Morgan fingerprint density at radius 2 is 1.73 bits per heavy atom. The lowest BCUT2D eigenvalue weighted by Gasteiger charge is -2.44. The van der Waals surface area contributed by atoms with E-state index in [0.29, 0.717) is 25.1 Å². The van der Waals surface area contributed by atoms with Crippen molar-refractivity contribution in [2.45, 2.75) is 38.5 Å². The van der Waals surface area contributed by atoms with Crippen LogP contribution in [0.15, 0.2) is 79.0 Å². The molecule has 0 radical (unpaired) electrons. The highest BCUT2D eigenvalue weighted by atomic mass is 19.1. The number of benzene rings is 3. The second-order valence-electron chi connectivity index (χ2n) is 11.6. The molecule has 3 aromatic carbocycles. The number of piperidine rings is 1. The molecule has 1 N–H and O–H groups in total. The molecular weight excluding hydrogens is 628 g/mol. The Morgan fingerprint density at radius 1 is 1.04 bits per heavy atom. The molecule has 1 fully saturated rings. The number of ether oxygens (including phenoxy) is 2. The summed E-state index contributed by atoms with van der Waals surface area (Å²) in [6.45, 7) is 1.67. The lowest BCUT2D eigenvalue weighted by atomic mass is 9.86. The van der Waals surface area contributed by atoms with Gasteiger partial charge in [-0.05, 0) is 54.7 Å². The summed E-state index contributed by atoms with van der Waals surface area (Å²) in [7, 11) is 1.61. The van der Waals surface area contributed by atoms with E-state index >= 15 is 0 Å². The third kappa shape index (κ3) is 8.06. The smallest absolute Gasteiger partial charge is 0.415 e. The maximum Gasteiger partial charge on any atom is 0.415 e.